The maximum Gasteiger partial charge on any atom is 0.223 e. The van der Waals surface area contributed by atoms with Crippen LogP contribution in [0.3, 0.4) is 0 Å². The van der Waals surface area contributed by atoms with E-state index >= 15 is 0 Å². The van der Waals surface area contributed by atoms with Crippen LogP contribution in [0.1, 0.15) is 42.5 Å². The van der Waals surface area contributed by atoms with Crippen molar-refractivity contribution in [2.75, 3.05) is 19.6 Å². The largest absolute Gasteiger partial charge is 0.469 e. The number of hydrogen-bond acceptors (Lipinski definition) is 3. The molecule has 1 saturated carbocycles. The standard InChI is InChI=1S/C20H23ClN2O2/c21-15-6-3-5-14(11-15)18(23-8-1-2-9-23)13-22-20(24)17-12-16(17)19-7-4-10-25-19/h3-7,10-11,16-18H,1-2,8-9,12-13H2,(H,22,24). The van der Waals surface area contributed by atoms with Gasteiger partial charge in [-0.15, -0.1) is 0 Å². The molecular weight excluding hydrogens is 336 g/mol. The van der Waals surface area contributed by atoms with Gasteiger partial charge in [-0.1, -0.05) is 23.7 Å². The lowest BCUT2D eigenvalue weighted by molar-refractivity contribution is -0.122. The van der Waals surface area contributed by atoms with Crippen LogP contribution < -0.4 is 5.32 Å². The molecule has 0 bridgehead atoms. The van der Waals surface area contributed by atoms with Gasteiger partial charge < -0.3 is 9.73 Å². The number of benzene rings is 1. The molecule has 25 heavy (non-hydrogen) atoms. The summed E-state index contributed by atoms with van der Waals surface area (Å²) in [6.07, 6.45) is 4.98. The van der Waals surface area contributed by atoms with Crippen LogP contribution in [-0.4, -0.2) is 30.4 Å². The fourth-order valence-corrected chi connectivity index (χ4v) is 4.05. The summed E-state index contributed by atoms with van der Waals surface area (Å²) in [4.78, 5) is 15.0. The molecule has 2 heterocycles. The molecule has 3 atom stereocenters. The Morgan fingerprint density at radius 1 is 1.28 bits per heavy atom. The summed E-state index contributed by atoms with van der Waals surface area (Å²) < 4.78 is 5.42. The maximum atomic E-state index is 12.5. The number of halogens is 1. The minimum absolute atomic E-state index is 0.0461. The maximum absolute atomic E-state index is 12.5. The van der Waals surface area contributed by atoms with E-state index in [2.05, 4.69) is 16.3 Å². The van der Waals surface area contributed by atoms with Crippen molar-refractivity contribution < 1.29 is 9.21 Å². The van der Waals surface area contributed by atoms with E-state index in [9.17, 15) is 4.79 Å². The summed E-state index contributed by atoms with van der Waals surface area (Å²) in [6, 6.07) is 12.0. The van der Waals surface area contributed by atoms with Crippen molar-refractivity contribution >= 4 is 17.5 Å². The lowest BCUT2D eigenvalue weighted by atomic mass is 10.1. The minimum Gasteiger partial charge on any atom is -0.469 e. The second-order valence-corrected chi connectivity index (χ2v) is 7.46. The SMILES string of the molecule is O=C(NCC(c1cccc(Cl)c1)N1CCCC1)C1CC1c1ccco1. The smallest absolute Gasteiger partial charge is 0.223 e. The molecule has 0 spiro atoms. The molecule has 1 aromatic heterocycles. The first-order chi connectivity index (χ1) is 12.2. The van der Waals surface area contributed by atoms with Gasteiger partial charge in [0.2, 0.25) is 5.91 Å². The molecule has 1 amide bonds. The zero-order valence-electron chi connectivity index (χ0n) is 14.2. The molecule has 132 valence electrons. The second-order valence-electron chi connectivity index (χ2n) is 7.02. The van der Waals surface area contributed by atoms with Gasteiger partial charge in [-0.05, 0) is 62.2 Å². The molecule has 1 saturated heterocycles. The van der Waals surface area contributed by atoms with E-state index in [0.717, 1.165) is 30.3 Å². The van der Waals surface area contributed by atoms with Gasteiger partial charge in [0.25, 0.3) is 0 Å². The third-order valence-corrected chi connectivity index (χ3v) is 5.56. The monoisotopic (exact) mass is 358 g/mol. The van der Waals surface area contributed by atoms with E-state index in [4.69, 9.17) is 16.0 Å². The summed E-state index contributed by atoms with van der Waals surface area (Å²) in [7, 11) is 0. The quantitative estimate of drug-likeness (QED) is 0.849. The number of carbonyl (C=O) groups excluding carboxylic acids is 1. The lowest BCUT2D eigenvalue weighted by Crippen LogP contribution is -2.37. The first-order valence-corrected chi connectivity index (χ1v) is 9.41. The van der Waals surface area contributed by atoms with Crippen molar-refractivity contribution in [1.29, 1.82) is 0 Å². The summed E-state index contributed by atoms with van der Waals surface area (Å²) in [5.41, 5.74) is 1.17. The summed E-state index contributed by atoms with van der Waals surface area (Å²) in [5.74, 6) is 1.34. The van der Waals surface area contributed by atoms with E-state index in [-0.39, 0.29) is 23.8 Å². The van der Waals surface area contributed by atoms with E-state index < -0.39 is 0 Å². The van der Waals surface area contributed by atoms with Gasteiger partial charge in [0.1, 0.15) is 5.76 Å². The highest BCUT2D eigenvalue weighted by atomic mass is 35.5. The van der Waals surface area contributed by atoms with Gasteiger partial charge in [0.05, 0.1) is 12.3 Å². The Balaban J connectivity index is 1.40. The first kappa shape index (κ1) is 16.7. The summed E-state index contributed by atoms with van der Waals surface area (Å²) in [6.45, 7) is 2.78. The zero-order valence-corrected chi connectivity index (χ0v) is 14.9. The third-order valence-electron chi connectivity index (χ3n) is 5.32. The number of amides is 1. The predicted molar refractivity (Wildman–Crippen MR) is 97.6 cm³/mol. The van der Waals surface area contributed by atoms with Crippen LogP contribution in [-0.2, 0) is 4.79 Å². The van der Waals surface area contributed by atoms with Gasteiger partial charge in [0, 0.05) is 23.4 Å². The Morgan fingerprint density at radius 2 is 2.12 bits per heavy atom. The molecule has 5 heteroatoms. The molecule has 4 nitrogen and oxygen atoms in total. The first-order valence-electron chi connectivity index (χ1n) is 9.03. The molecule has 4 rings (SSSR count). The van der Waals surface area contributed by atoms with Crippen molar-refractivity contribution in [2.45, 2.75) is 31.2 Å². The van der Waals surface area contributed by atoms with Crippen molar-refractivity contribution in [3.8, 4) is 0 Å². The van der Waals surface area contributed by atoms with Crippen LogP contribution in [0.2, 0.25) is 5.02 Å². The molecule has 3 unspecified atom stereocenters. The molecule has 1 aliphatic carbocycles. The van der Waals surface area contributed by atoms with E-state index in [1.807, 2.05) is 30.3 Å². The number of nitrogens with one attached hydrogen (secondary N) is 1. The fourth-order valence-electron chi connectivity index (χ4n) is 3.85. The Kier molecular flexibility index (Phi) is 4.82. The topological polar surface area (TPSA) is 45.5 Å². The van der Waals surface area contributed by atoms with Crippen LogP contribution >= 0.6 is 11.6 Å². The molecular formula is C20H23ClN2O2. The van der Waals surface area contributed by atoms with Crippen LogP contribution in [0, 0.1) is 5.92 Å². The number of rotatable bonds is 6. The van der Waals surface area contributed by atoms with Crippen LogP contribution in [0.4, 0.5) is 0 Å². The van der Waals surface area contributed by atoms with E-state index in [1.54, 1.807) is 6.26 Å². The van der Waals surface area contributed by atoms with Crippen molar-refractivity contribution in [3.63, 3.8) is 0 Å². The number of hydrogen-bond donors (Lipinski definition) is 1. The average Bonchev–Trinajstić information content (AvgIpc) is 3.03. The molecule has 1 aromatic carbocycles. The predicted octanol–water partition coefficient (Wildman–Crippen LogP) is 3.99. The highest BCUT2D eigenvalue weighted by molar-refractivity contribution is 6.30. The van der Waals surface area contributed by atoms with Gasteiger partial charge in [-0.2, -0.15) is 0 Å². The van der Waals surface area contributed by atoms with E-state index in [0.29, 0.717) is 6.54 Å². The Labute approximate surface area is 153 Å². The average molecular weight is 359 g/mol. The number of likely N-dealkylation sites (tertiary alicyclic amines) is 1. The van der Waals surface area contributed by atoms with Crippen LogP contribution in [0.5, 0.6) is 0 Å². The highest BCUT2D eigenvalue weighted by Gasteiger charge is 2.45. The van der Waals surface area contributed by atoms with Gasteiger partial charge >= 0.3 is 0 Å². The lowest BCUT2D eigenvalue weighted by Gasteiger charge is -2.28. The van der Waals surface area contributed by atoms with Gasteiger partial charge in [-0.25, -0.2) is 0 Å². The number of furan rings is 1. The van der Waals surface area contributed by atoms with E-state index in [1.165, 1.54) is 18.4 Å². The van der Waals surface area contributed by atoms with Crippen LogP contribution in [0.15, 0.2) is 47.1 Å². The molecule has 1 N–H and O–H groups in total. The minimum atomic E-state index is 0.0461. The third kappa shape index (κ3) is 3.75. The Bertz CT molecular complexity index is 725. The van der Waals surface area contributed by atoms with Gasteiger partial charge in [0.15, 0.2) is 0 Å². The zero-order chi connectivity index (χ0) is 17.2. The Hall–Kier alpha value is -1.78. The Morgan fingerprint density at radius 3 is 2.84 bits per heavy atom. The summed E-state index contributed by atoms with van der Waals surface area (Å²) in [5, 5.41) is 3.91. The normalized spacial score (nSPS) is 24.2. The fraction of sp³-hybridized carbons (Fsp3) is 0.450. The van der Waals surface area contributed by atoms with Crippen LogP contribution in [0.25, 0.3) is 0 Å². The van der Waals surface area contributed by atoms with Crippen molar-refractivity contribution in [1.82, 2.24) is 10.2 Å². The molecule has 1 aliphatic heterocycles. The molecule has 0 radical (unpaired) electrons. The molecule has 2 fully saturated rings. The van der Waals surface area contributed by atoms with Crippen molar-refractivity contribution in [3.05, 3.63) is 59.0 Å². The second kappa shape index (κ2) is 7.22. The number of carbonyl (C=O) groups is 1. The molecule has 2 aromatic rings. The number of nitrogens with zero attached hydrogens (tertiary/aromatic N) is 1. The highest BCUT2D eigenvalue weighted by Crippen LogP contribution is 2.47. The van der Waals surface area contributed by atoms with Crippen molar-refractivity contribution in [2.24, 2.45) is 5.92 Å². The van der Waals surface area contributed by atoms with Gasteiger partial charge in [-0.3, -0.25) is 9.69 Å². The summed E-state index contributed by atoms with van der Waals surface area (Å²) >= 11 is 6.18. The molecule has 2 aliphatic rings.